The highest BCUT2D eigenvalue weighted by Gasteiger charge is 2.27. The van der Waals surface area contributed by atoms with Crippen LogP contribution in [0.1, 0.15) is 6.42 Å². The Morgan fingerprint density at radius 1 is 1.47 bits per heavy atom. The lowest BCUT2D eigenvalue weighted by atomic mass is 10.1. The van der Waals surface area contributed by atoms with Crippen molar-refractivity contribution in [3.8, 4) is 0 Å². The highest BCUT2D eigenvalue weighted by molar-refractivity contribution is 7.86. The minimum atomic E-state index is -1.69. The van der Waals surface area contributed by atoms with Gasteiger partial charge in [0.25, 0.3) is 5.69 Å². The van der Waals surface area contributed by atoms with E-state index in [1.165, 1.54) is 18.2 Å². The van der Waals surface area contributed by atoms with Crippen LogP contribution in [0.2, 0.25) is 0 Å². The largest absolute Gasteiger partial charge is 0.381 e. The van der Waals surface area contributed by atoms with Gasteiger partial charge < -0.3 is 4.74 Å². The van der Waals surface area contributed by atoms with Crippen molar-refractivity contribution in [3.05, 3.63) is 34.4 Å². The number of ether oxygens (including phenoxy) is 1. The van der Waals surface area contributed by atoms with E-state index in [0.29, 0.717) is 19.6 Å². The summed E-state index contributed by atoms with van der Waals surface area (Å²) >= 11 is 0. The molecule has 0 spiro atoms. The number of Topliss-reactive ketones (excluding diaryl/α,β-unsaturated/α-hetero) is 1. The number of hydrogen-bond acceptors (Lipinski definition) is 5. The second-order valence-corrected chi connectivity index (χ2v) is 5.66. The molecule has 7 heteroatoms. The minimum Gasteiger partial charge on any atom is -0.381 e. The maximum Gasteiger partial charge on any atom is 0.285 e. The van der Waals surface area contributed by atoms with Crippen molar-refractivity contribution in [2.75, 3.05) is 19.0 Å². The number of rotatable bonds is 5. The average molecular weight is 283 g/mol. The topological polar surface area (TPSA) is 86.5 Å². The molecule has 2 atom stereocenters. The van der Waals surface area contributed by atoms with Crippen LogP contribution >= 0.6 is 0 Å². The molecule has 1 aliphatic heterocycles. The molecule has 1 aliphatic rings. The summed E-state index contributed by atoms with van der Waals surface area (Å²) in [6.45, 7) is 0.890. The van der Waals surface area contributed by atoms with Gasteiger partial charge in [-0.2, -0.15) is 0 Å². The van der Waals surface area contributed by atoms with Gasteiger partial charge in [-0.1, -0.05) is 12.1 Å². The summed E-state index contributed by atoms with van der Waals surface area (Å²) < 4.78 is 17.2. The zero-order valence-electron chi connectivity index (χ0n) is 10.1. The third-order valence-electron chi connectivity index (χ3n) is 2.97. The van der Waals surface area contributed by atoms with Gasteiger partial charge >= 0.3 is 0 Å². The van der Waals surface area contributed by atoms with Gasteiger partial charge in [-0.25, -0.2) is 0 Å². The van der Waals surface area contributed by atoms with Gasteiger partial charge in [0.2, 0.25) is 0 Å². The second-order valence-electron chi connectivity index (χ2n) is 4.24. The van der Waals surface area contributed by atoms with Gasteiger partial charge in [-0.15, -0.1) is 0 Å². The van der Waals surface area contributed by atoms with Crippen molar-refractivity contribution < 1.29 is 18.7 Å². The summed E-state index contributed by atoms with van der Waals surface area (Å²) in [5.74, 6) is -0.584. The number of nitro benzene ring substituents is 1. The molecule has 1 heterocycles. The molecular weight excluding hydrogens is 270 g/mol. The van der Waals surface area contributed by atoms with E-state index in [1.54, 1.807) is 6.07 Å². The predicted octanol–water partition coefficient (Wildman–Crippen LogP) is 1.31. The summed E-state index contributed by atoms with van der Waals surface area (Å²) in [4.78, 5) is 22.2. The highest BCUT2D eigenvalue weighted by Crippen LogP contribution is 2.23. The van der Waals surface area contributed by atoms with Crippen LogP contribution in [0.3, 0.4) is 0 Å². The number of carbonyl (C=O) groups excluding carboxylic acids is 1. The Labute approximate surface area is 112 Å². The molecule has 2 unspecified atom stereocenters. The molecule has 2 rings (SSSR count). The first kappa shape index (κ1) is 13.8. The van der Waals surface area contributed by atoms with E-state index in [-0.39, 0.29) is 28.0 Å². The summed E-state index contributed by atoms with van der Waals surface area (Å²) in [5.41, 5.74) is -0.212. The van der Waals surface area contributed by atoms with Crippen LogP contribution in [0.5, 0.6) is 0 Å². The quantitative estimate of drug-likeness (QED) is 0.600. The highest BCUT2D eigenvalue weighted by atomic mass is 32.2. The Hall–Kier alpha value is -1.60. The molecule has 0 bridgehead atoms. The van der Waals surface area contributed by atoms with Crippen molar-refractivity contribution in [2.45, 2.75) is 11.3 Å². The lowest BCUT2D eigenvalue weighted by molar-refractivity contribution is -0.387. The first-order chi connectivity index (χ1) is 9.09. The van der Waals surface area contributed by atoms with Gasteiger partial charge in [-0.3, -0.25) is 19.1 Å². The molecule has 0 saturated carbocycles. The first-order valence-electron chi connectivity index (χ1n) is 5.82. The van der Waals surface area contributed by atoms with Crippen molar-refractivity contribution in [2.24, 2.45) is 5.92 Å². The molecule has 0 aromatic heterocycles. The lowest BCUT2D eigenvalue weighted by Gasteiger charge is -2.06. The zero-order chi connectivity index (χ0) is 13.8. The molecule has 102 valence electrons. The standard InChI is InChI=1S/C12H13NO5S/c14-11(9-5-6-18-7-9)8-19(17)12-4-2-1-3-10(12)13(15)16/h1-4,9H,5-8H2. The summed E-state index contributed by atoms with van der Waals surface area (Å²) in [5, 5.41) is 10.8. The Morgan fingerprint density at radius 2 is 2.21 bits per heavy atom. The number of nitro groups is 1. The molecule has 6 nitrogen and oxygen atoms in total. The third-order valence-corrected chi connectivity index (χ3v) is 4.35. The molecule has 1 saturated heterocycles. The van der Waals surface area contributed by atoms with Gasteiger partial charge in [0.15, 0.2) is 5.78 Å². The normalized spacial score (nSPS) is 20.1. The average Bonchev–Trinajstić information content (AvgIpc) is 2.92. The number of benzene rings is 1. The first-order valence-corrected chi connectivity index (χ1v) is 7.13. The SMILES string of the molecule is O=C(CS(=O)c1ccccc1[N+](=O)[O-])C1CCOC1. The molecule has 0 aliphatic carbocycles. The van der Waals surface area contributed by atoms with E-state index in [0.717, 1.165) is 0 Å². The fourth-order valence-corrected chi connectivity index (χ4v) is 3.17. The molecule has 0 amide bonds. The molecule has 0 radical (unpaired) electrons. The predicted molar refractivity (Wildman–Crippen MR) is 68.3 cm³/mol. The van der Waals surface area contributed by atoms with Crippen LogP contribution in [0, 0.1) is 16.0 Å². The number of carbonyl (C=O) groups is 1. The Morgan fingerprint density at radius 3 is 2.84 bits per heavy atom. The number of hydrogen-bond donors (Lipinski definition) is 0. The number of para-hydroxylation sites is 1. The van der Waals surface area contributed by atoms with Crippen molar-refractivity contribution in [3.63, 3.8) is 0 Å². The third kappa shape index (κ3) is 3.24. The maximum absolute atomic E-state index is 12.1. The molecule has 19 heavy (non-hydrogen) atoms. The van der Waals surface area contributed by atoms with E-state index < -0.39 is 15.7 Å². The molecule has 1 fully saturated rings. The summed E-state index contributed by atoms with van der Waals surface area (Å²) in [7, 11) is -1.69. The molecular formula is C12H13NO5S. The van der Waals surface area contributed by atoms with Crippen molar-refractivity contribution in [1.29, 1.82) is 0 Å². The van der Waals surface area contributed by atoms with Gasteiger partial charge in [-0.05, 0) is 12.5 Å². The van der Waals surface area contributed by atoms with E-state index in [2.05, 4.69) is 0 Å². The van der Waals surface area contributed by atoms with Gasteiger partial charge in [0.1, 0.15) is 4.90 Å². The minimum absolute atomic E-state index is 0.0970. The smallest absolute Gasteiger partial charge is 0.285 e. The van der Waals surface area contributed by atoms with Crippen molar-refractivity contribution in [1.82, 2.24) is 0 Å². The monoisotopic (exact) mass is 283 g/mol. The van der Waals surface area contributed by atoms with Crippen LogP contribution in [0.25, 0.3) is 0 Å². The summed E-state index contributed by atoms with van der Waals surface area (Å²) in [6.07, 6.45) is 0.632. The Balaban J connectivity index is 2.11. The van der Waals surface area contributed by atoms with Crippen LogP contribution in [0.4, 0.5) is 5.69 Å². The van der Waals surface area contributed by atoms with Crippen LogP contribution in [0.15, 0.2) is 29.2 Å². The molecule has 1 aromatic carbocycles. The van der Waals surface area contributed by atoms with Crippen LogP contribution in [-0.2, 0) is 20.3 Å². The fourth-order valence-electron chi connectivity index (χ4n) is 1.91. The second kappa shape index (κ2) is 6.03. The van der Waals surface area contributed by atoms with E-state index in [4.69, 9.17) is 4.74 Å². The van der Waals surface area contributed by atoms with Crippen LogP contribution < -0.4 is 0 Å². The summed E-state index contributed by atoms with van der Waals surface area (Å²) in [6, 6.07) is 5.79. The number of nitrogens with zero attached hydrogens (tertiary/aromatic N) is 1. The van der Waals surface area contributed by atoms with E-state index >= 15 is 0 Å². The zero-order valence-corrected chi connectivity index (χ0v) is 10.9. The lowest BCUT2D eigenvalue weighted by Crippen LogP contribution is -2.21. The Kier molecular flexibility index (Phi) is 4.39. The number of ketones is 1. The fraction of sp³-hybridized carbons (Fsp3) is 0.417. The Bertz CT molecular complexity index is 525. The van der Waals surface area contributed by atoms with E-state index in [1.807, 2.05) is 0 Å². The molecule has 1 aromatic rings. The van der Waals surface area contributed by atoms with Gasteiger partial charge in [0.05, 0.1) is 28.1 Å². The van der Waals surface area contributed by atoms with E-state index in [9.17, 15) is 19.1 Å². The maximum atomic E-state index is 12.1. The molecule has 0 N–H and O–H groups in total. The van der Waals surface area contributed by atoms with Crippen molar-refractivity contribution >= 4 is 22.3 Å². The van der Waals surface area contributed by atoms with Gasteiger partial charge in [0, 0.05) is 18.6 Å². The van der Waals surface area contributed by atoms with Crippen LogP contribution in [-0.4, -0.2) is 33.9 Å².